The predicted molar refractivity (Wildman–Crippen MR) is 117 cm³/mol. The minimum atomic E-state index is -0.179. The summed E-state index contributed by atoms with van der Waals surface area (Å²) in [6.07, 6.45) is 12.0. The van der Waals surface area contributed by atoms with Crippen molar-refractivity contribution >= 4 is 5.97 Å². The summed E-state index contributed by atoms with van der Waals surface area (Å²) in [5.41, 5.74) is 1.67. The first kappa shape index (κ1) is 18.3. The maximum Gasteiger partial charge on any atom is 0.317 e. The normalized spacial score (nSPS) is 50.0. The van der Waals surface area contributed by atoms with Crippen LogP contribution in [0.1, 0.15) is 83.1 Å². The average molecular weight is 405 g/mol. The van der Waals surface area contributed by atoms with Gasteiger partial charge in [-0.05, 0) is 128 Å². The smallest absolute Gasteiger partial charge is 0.317 e. The van der Waals surface area contributed by atoms with Gasteiger partial charge in [-0.15, -0.1) is 0 Å². The van der Waals surface area contributed by atoms with Gasteiger partial charge >= 0.3 is 5.97 Å². The minimum Gasteiger partial charge on any atom is -0.426 e. The Morgan fingerprint density at radius 2 is 1.60 bits per heavy atom. The monoisotopic (exact) mass is 404 g/mol. The first-order valence-corrected chi connectivity index (χ1v) is 12.8. The lowest BCUT2D eigenvalue weighted by atomic mass is 9.26. The number of carbonyl (C=O) groups is 1. The maximum absolute atomic E-state index is 13.7. The van der Waals surface area contributed by atoms with Crippen molar-refractivity contribution in [1.82, 2.24) is 0 Å². The minimum absolute atomic E-state index is 0.112. The fourth-order valence-electron chi connectivity index (χ4n) is 10.8. The summed E-state index contributed by atoms with van der Waals surface area (Å²) in [5, 5.41) is 0. The third-order valence-electron chi connectivity index (χ3n) is 11.2. The van der Waals surface area contributed by atoms with E-state index in [-0.39, 0.29) is 11.4 Å². The highest BCUT2D eigenvalue weighted by Gasteiger charge is 2.75. The summed E-state index contributed by atoms with van der Waals surface area (Å²) in [5.74, 6) is 7.88. The number of carbonyl (C=O) groups excluding carboxylic acids is 1. The van der Waals surface area contributed by atoms with Crippen LogP contribution in [0.4, 0.5) is 0 Å². The lowest BCUT2D eigenvalue weighted by molar-refractivity contribution is -0.294. The molecule has 1 spiro atoms. The van der Waals surface area contributed by atoms with Crippen LogP contribution in [0, 0.1) is 52.3 Å². The fourth-order valence-corrected chi connectivity index (χ4v) is 10.8. The molecule has 1 aromatic rings. The Balaban J connectivity index is 1.18. The first-order chi connectivity index (χ1) is 14.5. The van der Waals surface area contributed by atoms with Crippen molar-refractivity contribution in [3.63, 3.8) is 0 Å². The summed E-state index contributed by atoms with van der Waals surface area (Å²) in [6, 6.07) is 8.36. The molecule has 8 saturated carbocycles. The van der Waals surface area contributed by atoms with E-state index in [1.54, 1.807) is 0 Å². The topological polar surface area (TPSA) is 26.3 Å². The van der Waals surface area contributed by atoms with Crippen LogP contribution in [-0.4, -0.2) is 5.97 Å². The Morgan fingerprint density at radius 1 is 0.967 bits per heavy atom. The van der Waals surface area contributed by atoms with Crippen LogP contribution >= 0.6 is 0 Å². The quantitative estimate of drug-likeness (QED) is 0.418. The molecule has 9 bridgehead atoms. The highest BCUT2D eigenvalue weighted by Crippen LogP contribution is 2.81. The van der Waals surface area contributed by atoms with Gasteiger partial charge in [0.2, 0.25) is 0 Å². The predicted octanol–water partition coefficient (Wildman–Crippen LogP) is 6.59. The van der Waals surface area contributed by atoms with Gasteiger partial charge in [0.15, 0.2) is 0 Å². The Labute approximate surface area is 181 Å². The number of hydrogen-bond acceptors (Lipinski definition) is 2. The number of esters is 1. The molecule has 0 amide bonds. The summed E-state index contributed by atoms with van der Waals surface area (Å²) >= 11 is 0. The van der Waals surface area contributed by atoms with Crippen LogP contribution < -0.4 is 4.74 Å². The van der Waals surface area contributed by atoms with E-state index < -0.39 is 0 Å². The van der Waals surface area contributed by atoms with Crippen LogP contribution in [0.15, 0.2) is 24.3 Å². The van der Waals surface area contributed by atoms with E-state index >= 15 is 0 Å². The second-order valence-corrected chi connectivity index (χ2v) is 12.5. The maximum atomic E-state index is 13.7. The molecule has 0 aromatic heterocycles. The van der Waals surface area contributed by atoms with Crippen molar-refractivity contribution < 1.29 is 9.53 Å². The van der Waals surface area contributed by atoms with E-state index in [4.69, 9.17) is 4.74 Å². The first-order valence-electron chi connectivity index (χ1n) is 12.8. The van der Waals surface area contributed by atoms with E-state index in [1.807, 2.05) is 12.1 Å². The Bertz CT molecular complexity index is 856. The van der Waals surface area contributed by atoms with Crippen molar-refractivity contribution in [3.8, 4) is 5.75 Å². The molecule has 7 atom stereocenters. The zero-order chi connectivity index (χ0) is 20.3. The van der Waals surface area contributed by atoms with E-state index in [0.29, 0.717) is 11.3 Å². The van der Waals surface area contributed by atoms with Crippen molar-refractivity contribution in [3.05, 3.63) is 29.8 Å². The van der Waals surface area contributed by atoms with E-state index in [1.165, 1.54) is 37.7 Å². The third kappa shape index (κ3) is 2.19. The molecular weight excluding hydrogens is 368 g/mol. The Kier molecular flexibility index (Phi) is 3.61. The molecule has 0 saturated heterocycles. The molecule has 8 aliphatic rings. The molecule has 0 heterocycles. The Morgan fingerprint density at radius 3 is 2.23 bits per heavy atom. The standard InChI is InChI=1S/C28H36O2/c1-3-16(2)18-4-6-23(7-5-18)30-26(29)27-13-21-11-22(14-27)25-20-9-17-8-19(10-20)24(21)28(25,12-17)15-27/h4-7,16-17,19-22,24-25H,3,8-15H2,1-2H3. The van der Waals surface area contributed by atoms with Crippen LogP contribution in [-0.2, 0) is 4.79 Å². The molecule has 1 aromatic carbocycles. The van der Waals surface area contributed by atoms with Gasteiger partial charge in [0, 0.05) is 0 Å². The molecule has 0 N–H and O–H groups in total. The van der Waals surface area contributed by atoms with Crippen LogP contribution in [0.3, 0.4) is 0 Å². The fraction of sp³-hybridized carbons (Fsp3) is 0.750. The van der Waals surface area contributed by atoms with Crippen LogP contribution in [0.2, 0.25) is 0 Å². The van der Waals surface area contributed by atoms with Crippen molar-refractivity contribution in [2.45, 2.75) is 77.6 Å². The summed E-state index contributed by atoms with van der Waals surface area (Å²) in [6.45, 7) is 4.48. The third-order valence-corrected chi connectivity index (χ3v) is 11.2. The number of hydrogen-bond donors (Lipinski definition) is 0. The van der Waals surface area contributed by atoms with Gasteiger partial charge in [-0.3, -0.25) is 4.79 Å². The van der Waals surface area contributed by atoms with Gasteiger partial charge < -0.3 is 4.74 Å². The second-order valence-electron chi connectivity index (χ2n) is 12.5. The summed E-state index contributed by atoms with van der Waals surface area (Å²) in [7, 11) is 0. The van der Waals surface area contributed by atoms with Gasteiger partial charge in [0.1, 0.15) is 5.75 Å². The van der Waals surface area contributed by atoms with Gasteiger partial charge in [0.25, 0.3) is 0 Å². The average Bonchev–Trinajstić information content (AvgIpc) is 2.72. The molecule has 8 fully saturated rings. The molecule has 30 heavy (non-hydrogen) atoms. The molecule has 9 rings (SSSR count). The number of ether oxygens (including phenoxy) is 1. The van der Waals surface area contributed by atoms with Gasteiger partial charge in [0.05, 0.1) is 5.41 Å². The SMILES string of the molecule is CCC(C)c1ccc(OC(=O)C23CC4CC(C2)C2C5CC6CC(C5)C4C2(C6)C3)cc1. The Hall–Kier alpha value is -1.31. The van der Waals surface area contributed by atoms with Crippen molar-refractivity contribution in [1.29, 1.82) is 0 Å². The molecule has 7 unspecified atom stereocenters. The molecule has 160 valence electrons. The zero-order valence-corrected chi connectivity index (χ0v) is 18.6. The molecule has 2 nitrogen and oxygen atoms in total. The van der Waals surface area contributed by atoms with Crippen LogP contribution in [0.25, 0.3) is 0 Å². The van der Waals surface area contributed by atoms with E-state index in [2.05, 4.69) is 26.0 Å². The van der Waals surface area contributed by atoms with E-state index in [9.17, 15) is 4.79 Å². The van der Waals surface area contributed by atoms with Gasteiger partial charge in [-0.1, -0.05) is 26.0 Å². The molecular formula is C28H36O2. The molecule has 0 aliphatic heterocycles. The lowest BCUT2D eigenvalue weighted by Crippen LogP contribution is -2.72. The molecule has 0 radical (unpaired) electrons. The molecule has 2 heteroatoms. The summed E-state index contributed by atoms with van der Waals surface area (Å²) in [4.78, 5) is 13.7. The largest absolute Gasteiger partial charge is 0.426 e. The van der Waals surface area contributed by atoms with Gasteiger partial charge in [-0.2, -0.15) is 0 Å². The molecule has 8 aliphatic carbocycles. The van der Waals surface area contributed by atoms with E-state index in [0.717, 1.165) is 72.9 Å². The van der Waals surface area contributed by atoms with Crippen molar-refractivity contribution in [2.75, 3.05) is 0 Å². The highest BCUT2D eigenvalue weighted by atomic mass is 16.5. The number of rotatable bonds is 4. The van der Waals surface area contributed by atoms with Gasteiger partial charge in [-0.25, -0.2) is 0 Å². The highest BCUT2D eigenvalue weighted by molar-refractivity contribution is 5.80. The zero-order valence-electron chi connectivity index (χ0n) is 18.6. The number of benzene rings is 1. The second kappa shape index (κ2) is 5.93. The lowest BCUT2D eigenvalue weighted by Gasteiger charge is -2.78. The van der Waals surface area contributed by atoms with Crippen molar-refractivity contribution in [2.24, 2.45) is 52.3 Å². The summed E-state index contributed by atoms with van der Waals surface area (Å²) < 4.78 is 6.12. The van der Waals surface area contributed by atoms with Crippen LogP contribution in [0.5, 0.6) is 5.75 Å².